The zero-order valence-electron chi connectivity index (χ0n) is 7.88. The lowest BCUT2D eigenvalue weighted by atomic mass is 10.1. The second-order valence-corrected chi connectivity index (χ2v) is 3.56. The molecule has 0 spiro atoms. The molecule has 1 N–H and O–H groups in total. The van der Waals surface area contributed by atoms with E-state index in [1.54, 1.807) is 0 Å². The molecular weight excluding hydrogens is 150 g/mol. The van der Waals surface area contributed by atoms with Gasteiger partial charge in [-0.05, 0) is 13.8 Å². The number of nitriles is 1. The predicted molar refractivity (Wildman–Crippen MR) is 48.7 cm³/mol. The van der Waals surface area contributed by atoms with E-state index >= 15 is 0 Å². The summed E-state index contributed by atoms with van der Waals surface area (Å²) >= 11 is 0. The first kappa shape index (κ1) is 9.50. The molecule has 1 heterocycles. The van der Waals surface area contributed by atoms with Gasteiger partial charge in [0.2, 0.25) is 0 Å². The largest absolute Gasteiger partial charge is 0.311 e. The van der Waals surface area contributed by atoms with Crippen LogP contribution < -0.4 is 5.32 Å². The van der Waals surface area contributed by atoms with E-state index in [9.17, 15) is 0 Å². The van der Waals surface area contributed by atoms with E-state index in [2.05, 4.69) is 30.1 Å². The van der Waals surface area contributed by atoms with E-state index in [0.717, 1.165) is 19.6 Å². The third-order valence-corrected chi connectivity index (χ3v) is 2.40. The Kier molecular flexibility index (Phi) is 3.51. The number of nitrogens with zero attached hydrogens (tertiary/aromatic N) is 2. The van der Waals surface area contributed by atoms with Crippen LogP contribution in [0.25, 0.3) is 0 Å². The molecule has 3 heteroatoms. The smallest absolute Gasteiger partial charge is 0.0635 e. The maximum absolute atomic E-state index is 8.46. The number of hydrogen-bond donors (Lipinski definition) is 1. The van der Waals surface area contributed by atoms with Crippen LogP contribution in [0.15, 0.2) is 0 Å². The van der Waals surface area contributed by atoms with Gasteiger partial charge in [0.15, 0.2) is 0 Å². The van der Waals surface area contributed by atoms with Crippen LogP contribution in [-0.4, -0.2) is 36.6 Å². The molecule has 1 aliphatic heterocycles. The Hall–Kier alpha value is -0.590. The van der Waals surface area contributed by atoms with Gasteiger partial charge in [-0.3, -0.25) is 4.90 Å². The minimum absolute atomic E-state index is 0.569. The fourth-order valence-electron chi connectivity index (χ4n) is 1.60. The van der Waals surface area contributed by atoms with Gasteiger partial charge in [-0.25, -0.2) is 0 Å². The minimum Gasteiger partial charge on any atom is -0.311 e. The molecule has 12 heavy (non-hydrogen) atoms. The molecule has 68 valence electrons. The Morgan fingerprint density at radius 2 is 2.33 bits per heavy atom. The van der Waals surface area contributed by atoms with Gasteiger partial charge < -0.3 is 5.32 Å². The summed E-state index contributed by atoms with van der Waals surface area (Å²) in [4.78, 5) is 2.38. The molecule has 0 amide bonds. The Labute approximate surface area is 74.4 Å². The third-order valence-electron chi connectivity index (χ3n) is 2.40. The molecule has 2 atom stereocenters. The highest BCUT2D eigenvalue weighted by molar-refractivity contribution is 4.83. The fourth-order valence-corrected chi connectivity index (χ4v) is 1.60. The monoisotopic (exact) mass is 167 g/mol. The Morgan fingerprint density at radius 3 is 3.00 bits per heavy atom. The van der Waals surface area contributed by atoms with Crippen molar-refractivity contribution in [2.24, 2.45) is 0 Å². The molecular formula is C9H17N3. The van der Waals surface area contributed by atoms with Crippen molar-refractivity contribution in [3.8, 4) is 6.07 Å². The van der Waals surface area contributed by atoms with Gasteiger partial charge in [-0.2, -0.15) is 5.26 Å². The van der Waals surface area contributed by atoms with Gasteiger partial charge in [-0.15, -0.1) is 0 Å². The predicted octanol–water partition coefficient (Wildman–Crippen LogP) is 0.582. The minimum atomic E-state index is 0.569. The van der Waals surface area contributed by atoms with Gasteiger partial charge in [0.25, 0.3) is 0 Å². The highest BCUT2D eigenvalue weighted by Gasteiger charge is 2.21. The summed E-state index contributed by atoms with van der Waals surface area (Å²) in [5, 5.41) is 11.9. The molecule has 0 aromatic heterocycles. The summed E-state index contributed by atoms with van der Waals surface area (Å²) < 4.78 is 0. The van der Waals surface area contributed by atoms with Gasteiger partial charge in [0.1, 0.15) is 0 Å². The van der Waals surface area contributed by atoms with Crippen LogP contribution in [0.4, 0.5) is 0 Å². The first-order valence-electron chi connectivity index (χ1n) is 4.58. The molecule has 1 rings (SSSR count). The summed E-state index contributed by atoms with van der Waals surface area (Å²) in [5.74, 6) is 0. The molecule has 1 aliphatic rings. The van der Waals surface area contributed by atoms with Crippen molar-refractivity contribution in [2.45, 2.75) is 32.4 Å². The summed E-state index contributed by atoms with van der Waals surface area (Å²) in [7, 11) is 0. The van der Waals surface area contributed by atoms with Crippen LogP contribution in [0.2, 0.25) is 0 Å². The van der Waals surface area contributed by atoms with Crippen molar-refractivity contribution in [3.63, 3.8) is 0 Å². The topological polar surface area (TPSA) is 39.1 Å². The van der Waals surface area contributed by atoms with E-state index in [4.69, 9.17) is 5.26 Å². The average Bonchev–Trinajstić information content (AvgIpc) is 2.07. The number of rotatable bonds is 2. The fraction of sp³-hybridized carbons (Fsp3) is 0.889. The van der Waals surface area contributed by atoms with Crippen molar-refractivity contribution in [1.29, 1.82) is 5.26 Å². The summed E-state index contributed by atoms with van der Waals surface area (Å²) in [6.07, 6.45) is 0.650. The van der Waals surface area contributed by atoms with Gasteiger partial charge in [0.05, 0.1) is 6.07 Å². The second-order valence-electron chi connectivity index (χ2n) is 3.56. The zero-order valence-corrected chi connectivity index (χ0v) is 7.88. The lowest BCUT2D eigenvalue weighted by Gasteiger charge is -2.37. The summed E-state index contributed by atoms with van der Waals surface area (Å²) in [6, 6.07) is 3.34. The van der Waals surface area contributed by atoms with Crippen LogP contribution in [0.5, 0.6) is 0 Å². The Morgan fingerprint density at radius 1 is 1.58 bits per heavy atom. The molecule has 0 radical (unpaired) electrons. The zero-order chi connectivity index (χ0) is 8.97. The lowest BCUT2D eigenvalue weighted by molar-refractivity contribution is 0.150. The van der Waals surface area contributed by atoms with E-state index in [1.165, 1.54) is 0 Å². The van der Waals surface area contributed by atoms with Gasteiger partial charge >= 0.3 is 0 Å². The maximum atomic E-state index is 8.46. The third kappa shape index (κ3) is 2.47. The van der Waals surface area contributed by atoms with E-state index in [0.29, 0.717) is 18.5 Å². The summed E-state index contributed by atoms with van der Waals surface area (Å²) in [6.45, 7) is 7.43. The van der Waals surface area contributed by atoms with Gasteiger partial charge in [-0.1, -0.05) is 0 Å². The first-order valence-corrected chi connectivity index (χ1v) is 4.58. The Bertz CT molecular complexity index is 173. The van der Waals surface area contributed by atoms with E-state index in [-0.39, 0.29) is 0 Å². The van der Waals surface area contributed by atoms with Crippen LogP contribution in [0.3, 0.4) is 0 Å². The van der Waals surface area contributed by atoms with Crippen molar-refractivity contribution in [1.82, 2.24) is 10.2 Å². The van der Waals surface area contributed by atoms with Crippen LogP contribution >= 0.6 is 0 Å². The van der Waals surface area contributed by atoms with Crippen molar-refractivity contribution in [3.05, 3.63) is 0 Å². The van der Waals surface area contributed by atoms with Crippen LogP contribution in [0.1, 0.15) is 20.3 Å². The Balaban J connectivity index is 2.34. The highest BCUT2D eigenvalue weighted by Crippen LogP contribution is 2.06. The molecule has 0 aliphatic carbocycles. The first-order chi connectivity index (χ1) is 5.74. The molecule has 0 bridgehead atoms. The average molecular weight is 167 g/mol. The molecule has 0 saturated carbocycles. The van der Waals surface area contributed by atoms with E-state index < -0.39 is 0 Å². The van der Waals surface area contributed by atoms with Crippen LogP contribution in [0, 0.1) is 11.3 Å². The summed E-state index contributed by atoms with van der Waals surface area (Å²) in [5.41, 5.74) is 0. The van der Waals surface area contributed by atoms with Crippen molar-refractivity contribution >= 4 is 0 Å². The standard InChI is InChI=1S/C9H17N3/c1-8-7-12(5-3-4-10)9(2)6-11-8/h8-9,11H,3,5-7H2,1-2H3. The molecule has 1 fully saturated rings. The molecule has 0 aromatic rings. The van der Waals surface area contributed by atoms with Gasteiger partial charge in [0, 0.05) is 38.1 Å². The maximum Gasteiger partial charge on any atom is 0.0635 e. The number of piperazine rings is 1. The second kappa shape index (κ2) is 4.44. The molecule has 3 nitrogen and oxygen atoms in total. The van der Waals surface area contributed by atoms with E-state index in [1.807, 2.05) is 0 Å². The quantitative estimate of drug-likeness (QED) is 0.654. The van der Waals surface area contributed by atoms with Crippen LogP contribution in [-0.2, 0) is 0 Å². The number of hydrogen-bond acceptors (Lipinski definition) is 3. The molecule has 0 aromatic carbocycles. The highest BCUT2D eigenvalue weighted by atomic mass is 15.2. The van der Waals surface area contributed by atoms with Crippen molar-refractivity contribution in [2.75, 3.05) is 19.6 Å². The lowest BCUT2D eigenvalue weighted by Crippen LogP contribution is -2.54. The normalized spacial score (nSPS) is 31.4. The SMILES string of the molecule is CC1CN(CCC#N)C(C)CN1. The molecule has 2 unspecified atom stereocenters. The molecule has 1 saturated heterocycles. The number of nitrogens with one attached hydrogen (secondary N) is 1. The van der Waals surface area contributed by atoms with Crippen molar-refractivity contribution < 1.29 is 0 Å².